The summed E-state index contributed by atoms with van der Waals surface area (Å²) in [7, 11) is 0. The maximum Gasteiger partial charge on any atom is 0.354 e. The lowest BCUT2D eigenvalue weighted by atomic mass is 10.1. The number of carbonyl (C=O) groups is 2. The first-order valence-corrected chi connectivity index (χ1v) is 9.08. The lowest BCUT2D eigenvalue weighted by Gasteiger charge is -2.10. The number of hydrogen-bond donors (Lipinski definition) is 0. The third-order valence-corrected chi connectivity index (χ3v) is 4.11. The molecule has 2 rings (SSSR count). The Kier molecular flexibility index (Phi) is 7.51. The number of fused-ring (bicyclic) bond motifs is 1. The Hall–Kier alpha value is -2.30. The van der Waals surface area contributed by atoms with Gasteiger partial charge in [-0.05, 0) is 38.8 Å². The molecular formula is C20H27NO4. The second kappa shape index (κ2) is 9.87. The highest BCUT2D eigenvalue weighted by Gasteiger charge is 2.16. The van der Waals surface area contributed by atoms with Crippen LogP contribution in [0.1, 0.15) is 56.4 Å². The molecule has 2 aromatic rings. The summed E-state index contributed by atoms with van der Waals surface area (Å²) in [6.45, 7) is 5.21. The van der Waals surface area contributed by atoms with Crippen molar-refractivity contribution in [2.45, 2.75) is 52.5 Å². The first-order chi connectivity index (χ1) is 12.2. The van der Waals surface area contributed by atoms with Crippen LogP contribution in [0, 0.1) is 0 Å². The molecule has 0 radical (unpaired) electrons. The molecule has 0 amide bonds. The summed E-state index contributed by atoms with van der Waals surface area (Å²) in [4.78, 5) is 23.5. The van der Waals surface area contributed by atoms with E-state index in [9.17, 15) is 9.59 Å². The molecule has 5 heteroatoms. The highest BCUT2D eigenvalue weighted by Crippen LogP contribution is 2.21. The fourth-order valence-corrected chi connectivity index (χ4v) is 2.95. The van der Waals surface area contributed by atoms with E-state index in [-0.39, 0.29) is 11.9 Å². The van der Waals surface area contributed by atoms with Crippen LogP contribution < -0.4 is 0 Å². The number of nitrogens with zero attached hydrogens (tertiary/aromatic N) is 1. The molecule has 0 aliphatic carbocycles. The number of aryl methyl sites for hydroxylation is 1. The minimum Gasteiger partial charge on any atom is -0.466 e. The smallest absolute Gasteiger partial charge is 0.354 e. The molecule has 0 unspecified atom stereocenters. The topological polar surface area (TPSA) is 57.5 Å². The van der Waals surface area contributed by atoms with Crippen molar-refractivity contribution < 1.29 is 19.1 Å². The Balaban J connectivity index is 1.92. The van der Waals surface area contributed by atoms with Crippen molar-refractivity contribution in [1.29, 1.82) is 0 Å². The molecule has 0 fully saturated rings. The number of ether oxygens (including phenoxy) is 2. The Bertz CT molecular complexity index is 705. The van der Waals surface area contributed by atoms with E-state index in [0.717, 1.165) is 43.1 Å². The molecule has 0 N–H and O–H groups in total. The summed E-state index contributed by atoms with van der Waals surface area (Å²) in [5.41, 5.74) is 1.66. The highest BCUT2D eigenvalue weighted by molar-refractivity contribution is 5.95. The van der Waals surface area contributed by atoms with Gasteiger partial charge in [-0.2, -0.15) is 0 Å². The molecule has 1 heterocycles. The van der Waals surface area contributed by atoms with Crippen LogP contribution >= 0.6 is 0 Å². The highest BCUT2D eigenvalue weighted by atomic mass is 16.5. The molecular weight excluding hydrogens is 318 g/mol. The quantitative estimate of drug-likeness (QED) is 0.475. The van der Waals surface area contributed by atoms with Gasteiger partial charge in [0.1, 0.15) is 5.69 Å². The molecule has 5 nitrogen and oxygen atoms in total. The summed E-state index contributed by atoms with van der Waals surface area (Å²) < 4.78 is 12.1. The van der Waals surface area contributed by atoms with Crippen molar-refractivity contribution in [1.82, 2.24) is 4.57 Å². The van der Waals surface area contributed by atoms with Crippen LogP contribution in [0.25, 0.3) is 10.9 Å². The first-order valence-electron chi connectivity index (χ1n) is 9.08. The Morgan fingerprint density at radius 2 is 1.68 bits per heavy atom. The fraction of sp³-hybridized carbons (Fsp3) is 0.500. The van der Waals surface area contributed by atoms with Crippen LogP contribution in [-0.2, 0) is 20.8 Å². The van der Waals surface area contributed by atoms with Gasteiger partial charge in [-0.3, -0.25) is 4.79 Å². The maximum atomic E-state index is 12.2. The first kappa shape index (κ1) is 19.0. The van der Waals surface area contributed by atoms with E-state index >= 15 is 0 Å². The van der Waals surface area contributed by atoms with E-state index in [4.69, 9.17) is 9.47 Å². The van der Waals surface area contributed by atoms with Gasteiger partial charge in [0.15, 0.2) is 0 Å². The number of unbranched alkanes of at least 4 members (excludes halogenated alkanes) is 3. The largest absolute Gasteiger partial charge is 0.466 e. The zero-order valence-corrected chi connectivity index (χ0v) is 15.1. The van der Waals surface area contributed by atoms with Crippen LogP contribution in [0.3, 0.4) is 0 Å². The van der Waals surface area contributed by atoms with Gasteiger partial charge in [-0.1, -0.05) is 31.0 Å². The minimum absolute atomic E-state index is 0.122. The maximum absolute atomic E-state index is 12.2. The Labute approximate surface area is 148 Å². The Morgan fingerprint density at radius 3 is 2.44 bits per heavy atom. The van der Waals surface area contributed by atoms with Crippen molar-refractivity contribution in [2.24, 2.45) is 0 Å². The lowest BCUT2D eigenvalue weighted by Crippen LogP contribution is -2.12. The SMILES string of the molecule is CCOC(=O)CCCCCCn1c(C(=O)OCC)cc2ccccc21. The summed E-state index contributed by atoms with van der Waals surface area (Å²) in [5, 5.41) is 1.05. The second-order valence-electron chi connectivity index (χ2n) is 5.93. The van der Waals surface area contributed by atoms with Gasteiger partial charge in [0.05, 0.1) is 13.2 Å². The number of carbonyl (C=O) groups excluding carboxylic acids is 2. The average Bonchev–Trinajstić information content (AvgIpc) is 2.97. The van der Waals surface area contributed by atoms with Crippen molar-refractivity contribution in [2.75, 3.05) is 13.2 Å². The number of rotatable bonds is 10. The molecule has 0 aliphatic heterocycles. The molecule has 136 valence electrons. The Morgan fingerprint density at radius 1 is 0.960 bits per heavy atom. The van der Waals surface area contributed by atoms with Crippen molar-refractivity contribution in [3.8, 4) is 0 Å². The van der Waals surface area contributed by atoms with E-state index in [2.05, 4.69) is 0 Å². The van der Waals surface area contributed by atoms with Gasteiger partial charge in [-0.15, -0.1) is 0 Å². The summed E-state index contributed by atoms with van der Waals surface area (Å²) in [5.74, 6) is -0.399. The van der Waals surface area contributed by atoms with Gasteiger partial charge in [0, 0.05) is 23.9 Å². The van der Waals surface area contributed by atoms with Crippen LogP contribution in [-0.4, -0.2) is 29.7 Å². The van der Waals surface area contributed by atoms with E-state index < -0.39 is 0 Å². The second-order valence-corrected chi connectivity index (χ2v) is 5.93. The van der Waals surface area contributed by atoms with Gasteiger partial charge < -0.3 is 14.0 Å². The van der Waals surface area contributed by atoms with Crippen LogP contribution in [0.4, 0.5) is 0 Å². The van der Waals surface area contributed by atoms with E-state index in [0.29, 0.717) is 25.3 Å². The zero-order valence-electron chi connectivity index (χ0n) is 15.1. The number of para-hydroxylation sites is 1. The predicted molar refractivity (Wildman–Crippen MR) is 97.6 cm³/mol. The number of esters is 2. The average molecular weight is 345 g/mol. The summed E-state index contributed by atoms with van der Waals surface area (Å²) in [6, 6.07) is 9.88. The van der Waals surface area contributed by atoms with Gasteiger partial charge in [-0.25, -0.2) is 4.79 Å². The molecule has 0 atom stereocenters. The van der Waals surface area contributed by atoms with Crippen LogP contribution in [0.15, 0.2) is 30.3 Å². The standard InChI is InChI=1S/C20H27NO4/c1-3-24-19(22)13-7-5-6-10-14-21-17-12-9-8-11-16(17)15-18(21)20(23)25-4-2/h8-9,11-12,15H,3-7,10,13-14H2,1-2H3. The van der Waals surface area contributed by atoms with Crippen molar-refractivity contribution in [3.05, 3.63) is 36.0 Å². The molecule has 1 aromatic carbocycles. The summed E-state index contributed by atoms with van der Waals surface area (Å²) in [6.07, 6.45) is 4.26. The normalized spacial score (nSPS) is 10.8. The number of hydrogen-bond acceptors (Lipinski definition) is 4. The van der Waals surface area contributed by atoms with E-state index in [1.807, 2.05) is 48.7 Å². The number of aromatic nitrogens is 1. The lowest BCUT2D eigenvalue weighted by molar-refractivity contribution is -0.143. The third-order valence-electron chi connectivity index (χ3n) is 4.11. The van der Waals surface area contributed by atoms with Gasteiger partial charge >= 0.3 is 11.9 Å². The number of benzene rings is 1. The van der Waals surface area contributed by atoms with Crippen LogP contribution in [0.2, 0.25) is 0 Å². The monoisotopic (exact) mass is 345 g/mol. The molecule has 1 aromatic heterocycles. The van der Waals surface area contributed by atoms with Crippen LogP contribution in [0.5, 0.6) is 0 Å². The molecule has 25 heavy (non-hydrogen) atoms. The van der Waals surface area contributed by atoms with Crippen molar-refractivity contribution in [3.63, 3.8) is 0 Å². The minimum atomic E-state index is -0.277. The zero-order chi connectivity index (χ0) is 18.1. The molecule has 0 saturated carbocycles. The van der Waals surface area contributed by atoms with E-state index in [1.54, 1.807) is 0 Å². The van der Waals surface area contributed by atoms with Crippen molar-refractivity contribution >= 4 is 22.8 Å². The third kappa shape index (κ3) is 5.34. The summed E-state index contributed by atoms with van der Waals surface area (Å²) >= 11 is 0. The molecule has 0 saturated heterocycles. The predicted octanol–water partition coefficient (Wildman–Crippen LogP) is 4.33. The molecule has 0 spiro atoms. The van der Waals surface area contributed by atoms with Gasteiger partial charge in [0.2, 0.25) is 0 Å². The molecule has 0 bridgehead atoms. The van der Waals surface area contributed by atoms with Gasteiger partial charge in [0.25, 0.3) is 0 Å². The fourth-order valence-electron chi connectivity index (χ4n) is 2.95. The molecule has 0 aliphatic rings. The van der Waals surface area contributed by atoms with E-state index in [1.165, 1.54) is 0 Å².